The molecule has 37 heavy (non-hydrogen) atoms. The standard InChI is InChI=1S/C28H28F3N3O3/c1-20-16-25(11-8-22(20)4-2-3-14-34-15-13-32-26(34)17-35)36-18-24-19-37-27(33-24)12-7-21-5-9-23(10-6-21)28(29,30)31/h5-13,15-16,19,35H,2-4,14,17-18H2,1H3/b12-7+. The quantitative estimate of drug-likeness (QED) is 0.234. The summed E-state index contributed by atoms with van der Waals surface area (Å²) in [5, 5.41) is 9.28. The maximum Gasteiger partial charge on any atom is 0.416 e. The summed E-state index contributed by atoms with van der Waals surface area (Å²) in [7, 11) is 0. The number of oxazole rings is 1. The van der Waals surface area contributed by atoms with Gasteiger partial charge in [-0.1, -0.05) is 18.2 Å². The topological polar surface area (TPSA) is 73.3 Å². The summed E-state index contributed by atoms with van der Waals surface area (Å²) in [6.45, 7) is 3.06. The van der Waals surface area contributed by atoms with E-state index in [0.717, 1.165) is 49.3 Å². The lowest BCUT2D eigenvalue weighted by Crippen LogP contribution is -2.03. The van der Waals surface area contributed by atoms with E-state index in [4.69, 9.17) is 9.15 Å². The molecule has 0 unspecified atom stereocenters. The van der Waals surface area contributed by atoms with E-state index in [0.29, 0.717) is 23.0 Å². The fourth-order valence-corrected chi connectivity index (χ4v) is 3.91. The second kappa shape index (κ2) is 11.9. The van der Waals surface area contributed by atoms with Crippen molar-refractivity contribution in [2.24, 2.45) is 0 Å². The molecule has 0 atom stereocenters. The lowest BCUT2D eigenvalue weighted by Gasteiger charge is -2.10. The van der Waals surface area contributed by atoms with Crippen molar-refractivity contribution in [3.8, 4) is 5.75 Å². The number of nitrogens with zero attached hydrogens (tertiary/aromatic N) is 3. The summed E-state index contributed by atoms with van der Waals surface area (Å²) in [6.07, 6.45) is 6.93. The summed E-state index contributed by atoms with van der Waals surface area (Å²) in [4.78, 5) is 8.46. The van der Waals surface area contributed by atoms with Crippen LogP contribution in [-0.4, -0.2) is 19.6 Å². The van der Waals surface area contributed by atoms with Crippen LogP contribution in [0.15, 0.2) is 65.5 Å². The molecular weight excluding hydrogens is 483 g/mol. The average Bonchev–Trinajstić information content (AvgIpc) is 3.54. The zero-order chi connectivity index (χ0) is 26.3. The molecule has 2 aromatic heterocycles. The van der Waals surface area contributed by atoms with E-state index in [-0.39, 0.29) is 13.2 Å². The fourth-order valence-electron chi connectivity index (χ4n) is 3.91. The summed E-state index contributed by atoms with van der Waals surface area (Å²) in [5.41, 5.74) is 2.94. The Morgan fingerprint density at radius 3 is 2.62 bits per heavy atom. The third-order valence-corrected chi connectivity index (χ3v) is 5.96. The van der Waals surface area contributed by atoms with E-state index in [9.17, 15) is 18.3 Å². The number of ether oxygens (including phenoxy) is 1. The van der Waals surface area contributed by atoms with Gasteiger partial charge in [-0.2, -0.15) is 13.2 Å². The Kier molecular flexibility index (Phi) is 8.45. The number of aliphatic hydroxyl groups excluding tert-OH is 1. The van der Waals surface area contributed by atoms with E-state index in [1.165, 1.54) is 24.0 Å². The van der Waals surface area contributed by atoms with Gasteiger partial charge >= 0.3 is 6.18 Å². The number of hydrogen-bond acceptors (Lipinski definition) is 5. The maximum atomic E-state index is 12.7. The molecule has 0 amide bonds. The van der Waals surface area contributed by atoms with Gasteiger partial charge in [0, 0.05) is 25.0 Å². The van der Waals surface area contributed by atoms with Crippen LogP contribution >= 0.6 is 0 Å². The Morgan fingerprint density at radius 2 is 1.89 bits per heavy atom. The number of aromatic nitrogens is 3. The molecule has 2 heterocycles. The van der Waals surface area contributed by atoms with Crippen LogP contribution in [0.3, 0.4) is 0 Å². The van der Waals surface area contributed by atoms with Crippen molar-refractivity contribution in [1.82, 2.24) is 14.5 Å². The molecule has 0 aliphatic heterocycles. The van der Waals surface area contributed by atoms with Crippen molar-refractivity contribution in [1.29, 1.82) is 0 Å². The van der Waals surface area contributed by atoms with Crippen LogP contribution in [0, 0.1) is 6.92 Å². The number of halogens is 3. The lowest BCUT2D eigenvalue weighted by molar-refractivity contribution is -0.137. The molecular formula is C28H28F3N3O3. The molecule has 0 radical (unpaired) electrons. The van der Waals surface area contributed by atoms with Gasteiger partial charge in [0.15, 0.2) is 0 Å². The Labute approximate surface area is 213 Å². The highest BCUT2D eigenvalue weighted by Crippen LogP contribution is 2.29. The molecule has 0 aliphatic rings. The monoisotopic (exact) mass is 511 g/mol. The number of imidazole rings is 1. The van der Waals surface area contributed by atoms with Crippen LogP contribution in [0.5, 0.6) is 5.75 Å². The molecule has 0 saturated carbocycles. The van der Waals surface area contributed by atoms with Crippen molar-refractivity contribution in [2.75, 3.05) is 0 Å². The Hall–Kier alpha value is -3.85. The van der Waals surface area contributed by atoms with Crippen LogP contribution in [0.4, 0.5) is 13.2 Å². The maximum absolute atomic E-state index is 12.7. The van der Waals surface area contributed by atoms with Crippen LogP contribution < -0.4 is 4.74 Å². The van der Waals surface area contributed by atoms with Crippen molar-refractivity contribution in [3.63, 3.8) is 0 Å². The average molecular weight is 512 g/mol. The molecule has 2 aromatic carbocycles. The number of hydrogen-bond donors (Lipinski definition) is 1. The van der Waals surface area contributed by atoms with E-state index in [1.807, 2.05) is 22.9 Å². The SMILES string of the molecule is Cc1cc(OCc2coc(/C=C/c3ccc(C(F)(F)F)cc3)n2)ccc1CCCCn1ccnc1CO. The third kappa shape index (κ3) is 7.33. The van der Waals surface area contributed by atoms with Gasteiger partial charge in [0.1, 0.15) is 36.7 Å². The first-order chi connectivity index (χ1) is 17.8. The lowest BCUT2D eigenvalue weighted by atomic mass is 10.0. The van der Waals surface area contributed by atoms with Gasteiger partial charge < -0.3 is 18.8 Å². The van der Waals surface area contributed by atoms with Gasteiger partial charge in [0.05, 0.1) is 5.56 Å². The number of benzene rings is 2. The zero-order valence-electron chi connectivity index (χ0n) is 20.4. The highest BCUT2D eigenvalue weighted by atomic mass is 19.4. The van der Waals surface area contributed by atoms with Gasteiger partial charge in [0.2, 0.25) is 5.89 Å². The van der Waals surface area contributed by atoms with Crippen molar-refractivity contribution in [2.45, 2.75) is 52.1 Å². The predicted octanol–water partition coefficient (Wildman–Crippen LogP) is 6.46. The number of aryl methyl sites for hydroxylation is 3. The first-order valence-electron chi connectivity index (χ1n) is 11.9. The second-order valence-electron chi connectivity index (χ2n) is 8.66. The molecule has 9 heteroatoms. The summed E-state index contributed by atoms with van der Waals surface area (Å²) >= 11 is 0. The van der Waals surface area contributed by atoms with E-state index in [2.05, 4.69) is 23.0 Å². The molecule has 194 valence electrons. The molecule has 0 fully saturated rings. The molecule has 6 nitrogen and oxygen atoms in total. The van der Waals surface area contributed by atoms with Gasteiger partial charge in [0.25, 0.3) is 0 Å². The first-order valence-corrected chi connectivity index (χ1v) is 11.9. The molecule has 4 aromatic rings. The van der Waals surface area contributed by atoms with E-state index >= 15 is 0 Å². The van der Waals surface area contributed by atoms with Crippen LogP contribution in [-0.2, 0) is 32.4 Å². The van der Waals surface area contributed by atoms with Gasteiger partial charge in [-0.3, -0.25) is 0 Å². The number of aliphatic hydroxyl groups is 1. The van der Waals surface area contributed by atoms with Crippen LogP contribution in [0.1, 0.15) is 52.5 Å². The smallest absolute Gasteiger partial charge is 0.416 e. The minimum Gasteiger partial charge on any atom is -0.487 e. The zero-order valence-corrected chi connectivity index (χ0v) is 20.4. The summed E-state index contributed by atoms with van der Waals surface area (Å²) < 4.78 is 51.3. The number of unbranched alkanes of at least 4 members (excludes halogenated alkanes) is 1. The largest absolute Gasteiger partial charge is 0.487 e. The minimum atomic E-state index is -4.36. The first kappa shape index (κ1) is 26.2. The van der Waals surface area contributed by atoms with Gasteiger partial charge in [-0.15, -0.1) is 0 Å². The van der Waals surface area contributed by atoms with Crippen molar-refractivity contribution in [3.05, 3.63) is 101 Å². The molecule has 0 bridgehead atoms. The Balaban J connectivity index is 1.24. The van der Waals surface area contributed by atoms with Crippen LogP contribution in [0.25, 0.3) is 12.2 Å². The normalized spacial score (nSPS) is 11.9. The second-order valence-corrected chi connectivity index (χ2v) is 8.66. The highest BCUT2D eigenvalue weighted by Gasteiger charge is 2.29. The Bertz CT molecular complexity index is 1320. The van der Waals surface area contributed by atoms with E-state index < -0.39 is 11.7 Å². The third-order valence-electron chi connectivity index (χ3n) is 5.96. The van der Waals surface area contributed by atoms with Crippen molar-refractivity contribution >= 4 is 12.2 Å². The summed E-state index contributed by atoms with van der Waals surface area (Å²) in [5.74, 6) is 1.76. The van der Waals surface area contributed by atoms with Crippen molar-refractivity contribution < 1.29 is 27.4 Å². The predicted molar refractivity (Wildman–Crippen MR) is 133 cm³/mol. The molecule has 1 N–H and O–H groups in total. The van der Waals surface area contributed by atoms with Crippen LogP contribution in [0.2, 0.25) is 0 Å². The highest BCUT2D eigenvalue weighted by molar-refractivity contribution is 5.66. The minimum absolute atomic E-state index is 0.0529. The molecule has 0 spiro atoms. The molecule has 0 saturated heterocycles. The number of alkyl halides is 3. The molecule has 4 rings (SSSR count). The Morgan fingerprint density at radius 1 is 1.08 bits per heavy atom. The van der Waals surface area contributed by atoms with E-state index in [1.54, 1.807) is 18.3 Å². The number of rotatable bonds is 11. The fraction of sp³-hybridized carbons (Fsp3) is 0.286. The molecule has 0 aliphatic carbocycles. The summed E-state index contributed by atoms with van der Waals surface area (Å²) in [6, 6.07) is 10.9. The van der Waals surface area contributed by atoms with Gasteiger partial charge in [-0.05, 0) is 73.2 Å². The van der Waals surface area contributed by atoms with Gasteiger partial charge in [-0.25, -0.2) is 9.97 Å².